The summed E-state index contributed by atoms with van der Waals surface area (Å²) < 4.78 is 2.18. The Morgan fingerprint density at radius 2 is 1.69 bits per heavy atom. The van der Waals surface area contributed by atoms with Crippen LogP contribution in [0.25, 0.3) is 0 Å². The second-order valence-corrected chi connectivity index (χ2v) is 9.99. The smallest absolute Gasteiger partial charge is 0.236 e. The zero-order valence-electron chi connectivity index (χ0n) is 17.1. The topological polar surface area (TPSA) is 85.6 Å². The van der Waals surface area contributed by atoms with Gasteiger partial charge in [0, 0.05) is 18.4 Å². The molecule has 2 aromatic rings. The molecule has 2 heterocycles. The molecule has 2 fully saturated rings. The fourth-order valence-electron chi connectivity index (χ4n) is 4.45. The van der Waals surface area contributed by atoms with Gasteiger partial charge in [0.1, 0.15) is 10.8 Å². The van der Waals surface area contributed by atoms with Gasteiger partial charge in [-0.1, -0.05) is 61.6 Å². The van der Waals surface area contributed by atoms with Crippen LogP contribution in [0.4, 0.5) is 5.13 Å². The van der Waals surface area contributed by atoms with Crippen LogP contribution in [0.15, 0.2) is 5.16 Å². The number of anilines is 1. The summed E-state index contributed by atoms with van der Waals surface area (Å²) in [6.45, 7) is 2.96. The Kier molecular flexibility index (Phi) is 7.18. The van der Waals surface area contributed by atoms with Crippen molar-refractivity contribution in [2.24, 2.45) is 0 Å². The van der Waals surface area contributed by atoms with E-state index in [4.69, 9.17) is 0 Å². The molecular weight excluding hydrogens is 404 g/mol. The van der Waals surface area contributed by atoms with Crippen molar-refractivity contribution in [2.75, 3.05) is 11.1 Å². The van der Waals surface area contributed by atoms with E-state index in [9.17, 15) is 4.79 Å². The first-order valence-electron chi connectivity index (χ1n) is 10.9. The minimum absolute atomic E-state index is 0.0637. The molecular formula is C20H30N6OS2. The van der Waals surface area contributed by atoms with Crippen LogP contribution >= 0.6 is 23.1 Å². The highest BCUT2D eigenvalue weighted by Gasteiger charge is 2.24. The molecule has 0 bridgehead atoms. The van der Waals surface area contributed by atoms with E-state index in [0.29, 0.717) is 22.7 Å². The molecule has 0 atom stereocenters. The SMILES string of the molecule is CCn1c(SCC(=O)Nc2nnc(C3CCCCC3)s2)nnc1C1CCCCC1. The van der Waals surface area contributed by atoms with E-state index >= 15 is 0 Å². The van der Waals surface area contributed by atoms with Crippen LogP contribution in [-0.4, -0.2) is 36.6 Å². The van der Waals surface area contributed by atoms with Gasteiger partial charge in [-0.2, -0.15) is 0 Å². The van der Waals surface area contributed by atoms with Gasteiger partial charge in [0.25, 0.3) is 0 Å². The number of hydrogen-bond acceptors (Lipinski definition) is 7. The Hall–Kier alpha value is -1.48. The first-order valence-corrected chi connectivity index (χ1v) is 12.7. The maximum Gasteiger partial charge on any atom is 0.236 e. The van der Waals surface area contributed by atoms with E-state index in [0.717, 1.165) is 22.5 Å². The molecule has 1 amide bonds. The summed E-state index contributed by atoms with van der Waals surface area (Å²) in [5.41, 5.74) is 0. The van der Waals surface area contributed by atoms with E-state index in [2.05, 4.69) is 37.2 Å². The molecule has 4 rings (SSSR count). The van der Waals surface area contributed by atoms with Crippen LogP contribution in [0.5, 0.6) is 0 Å². The molecule has 0 aromatic carbocycles. The molecule has 2 saturated carbocycles. The number of thioether (sulfide) groups is 1. The molecule has 7 nitrogen and oxygen atoms in total. The summed E-state index contributed by atoms with van der Waals surface area (Å²) in [5.74, 6) is 2.37. The number of nitrogens with zero attached hydrogens (tertiary/aromatic N) is 5. The van der Waals surface area contributed by atoms with Gasteiger partial charge in [-0.05, 0) is 32.6 Å². The lowest BCUT2D eigenvalue weighted by Crippen LogP contribution is -2.15. The lowest BCUT2D eigenvalue weighted by atomic mass is 9.89. The van der Waals surface area contributed by atoms with Crippen molar-refractivity contribution >= 4 is 34.1 Å². The Balaban J connectivity index is 1.31. The summed E-state index contributed by atoms with van der Waals surface area (Å²) >= 11 is 2.98. The van der Waals surface area contributed by atoms with Gasteiger partial charge in [0.05, 0.1) is 5.75 Å². The summed E-state index contributed by atoms with van der Waals surface area (Å²) in [7, 11) is 0. The monoisotopic (exact) mass is 434 g/mol. The third-order valence-corrected chi connectivity index (χ3v) is 7.97. The van der Waals surface area contributed by atoms with Crippen molar-refractivity contribution in [2.45, 2.75) is 94.7 Å². The van der Waals surface area contributed by atoms with E-state index in [1.807, 2.05) is 0 Å². The average Bonchev–Trinajstić information content (AvgIpc) is 3.40. The second-order valence-electron chi connectivity index (χ2n) is 8.04. The molecule has 9 heteroatoms. The van der Waals surface area contributed by atoms with Crippen LogP contribution in [0.3, 0.4) is 0 Å². The first kappa shape index (κ1) is 20.8. The summed E-state index contributed by atoms with van der Waals surface area (Å²) in [5, 5.41) is 22.8. The van der Waals surface area contributed by atoms with Crippen LogP contribution in [0.1, 0.15) is 93.8 Å². The third-order valence-electron chi connectivity index (χ3n) is 6.01. The van der Waals surface area contributed by atoms with E-state index in [-0.39, 0.29) is 5.91 Å². The molecule has 0 radical (unpaired) electrons. The molecule has 1 N–H and O–H groups in total. The third kappa shape index (κ3) is 5.17. The fraction of sp³-hybridized carbons (Fsp3) is 0.750. The minimum Gasteiger partial charge on any atom is -0.306 e. The van der Waals surface area contributed by atoms with E-state index < -0.39 is 0 Å². The molecule has 0 unspecified atom stereocenters. The Labute approximate surface area is 180 Å². The minimum atomic E-state index is -0.0637. The lowest BCUT2D eigenvalue weighted by Gasteiger charge is -2.21. The molecule has 158 valence electrons. The maximum absolute atomic E-state index is 12.4. The highest BCUT2D eigenvalue weighted by molar-refractivity contribution is 7.99. The summed E-state index contributed by atoms with van der Waals surface area (Å²) in [4.78, 5) is 12.4. The summed E-state index contributed by atoms with van der Waals surface area (Å²) in [6.07, 6.45) is 12.5. The number of aromatic nitrogens is 5. The number of carbonyl (C=O) groups excluding carboxylic acids is 1. The van der Waals surface area contributed by atoms with Crippen molar-refractivity contribution in [3.05, 3.63) is 10.8 Å². The molecule has 2 aliphatic carbocycles. The van der Waals surface area contributed by atoms with Crippen LogP contribution in [0, 0.1) is 0 Å². The van der Waals surface area contributed by atoms with Gasteiger partial charge in [-0.25, -0.2) is 0 Å². The second kappa shape index (κ2) is 10.0. The lowest BCUT2D eigenvalue weighted by molar-refractivity contribution is -0.113. The van der Waals surface area contributed by atoms with Crippen molar-refractivity contribution in [1.82, 2.24) is 25.0 Å². The summed E-state index contributed by atoms with van der Waals surface area (Å²) in [6, 6.07) is 0. The van der Waals surface area contributed by atoms with Crippen molar-refractivity contribution in [1.29, 1.82) is 0 Å². The Morgan fingerprint density at radius 3 is 2.38 bits per heavy atom. The van der Waals surface area contributed by atoms with Gasteiger partial charge in [0.2, 0.25) is 11.0 Å². The number of carbonyl (C=O) groups is 1. The predicted octanol–water partition coefficient (Wildman–Crippen LogP) is 4.98. The molecule has 2 aromatic heterocycles. The molecule has 2 aliphatic rings. The number of rotatable bonds is 7. The standard InChI is InChI=1S/C20H30N6OS2/c1-2-26-17(14-9-5-3-6-10-14)22-25-20(26)28-13-16(27)21-19-24-23-18(29-19)15-11-7-4-8-12-15/h14-15H,2-13H2,1H3,(H,21,24,27). The zero-order valence-corrected chi connectivity index (χ0v) is 18.7. The predicted molar refractivity (Wildman–Crippen MR) is 117 cm³/mol. The molecule has 0 aliphatic heterocycles. The first-order chi connectivity index (χ1) is 14.2. The number of nitrogens with one attached hydrogen (secondary N) is 1. The number of amides is 1. The van der Waals surface area contributed by atoms with Gasteiger partial charge >= 0.3 is 0 Å². The average molecular weight is 435 g/mol. The quantitative estimate of drug-likeness (QED) is 0.619. The Morgan fingerprint density at radius 1 is 1.00 bits per heavy atom. The van der Waals surface area contributed by atoms with Gasteiger partial charge < -0.3 is 4.57 Å². The largest absolute Gasteiger partial charge is 0.306 e. The maximum atomic E-state index is 12.4. The van der Waals surface area contributed by atoms with Crippen molar-refractivity contribution in [3.63, 3.8) is 0 Å². The molecule has 0 spiro atoms. The van der Waals surface area contributed by atoms with Crippen LogP contribution in [-0.2, 0) is 11.3 Å². The van der Waals surface area contributed by atoms with Gasteiger partial charge in [0.15, 0.2) is 5.16 Å². The Bertz CT molecular complexity index is 808. The normalized spacial score (nSPS) is 18.8. The van der Waals surface area contributed by atoms with E-state index in [1.165, 1.54) is 87.3 Å². The van der Waals surface area contributed by atoms with Gasteiger partial charge in [-0.3, -0.25) is 10.1 Å². The zero-order chi connectivity index (χ0) is 20.1. The highest BCUT2D eigenvalue weighted by Crippen LogP contribution is 2.35. The van der Waals surface area contributed by atoms with Gasteiger partial charge in [-0.15, -0.1) is 20.4 Å². The van der Waals surface area contributed by atoms with E-state index in [1.54, 1.807) is 0 Å². The molecule has 29 heavy (non-hydrogen) atoms. The van der Waals surface area contributed by atoms with Crippen molar-refractivity contribution in [3.8, 4) is 0 Å². The molecule has 0 saturated heterocycles. The number of hydrogen-bond donors (Lipinski definition) is 1. The van der Waals surface area contributed by atoms with Crippen LogP contribution < -0.4 is 5.32 Å². The highest BCUT2D eigenvalue weighted by atomic mass is 32.2. The van der Waals surface area contributed by atoms with Crippen molar-refractivity contribution < 1.29 is 4.79 Å². The fourth-order valence-corrected chi connectivity index (χ4v) is 6.19. The van der Waals surface area contributed by atoms with Crippen LogP contribution in [0.2, 0.25) is 0 Å².